The van der Waals surface area contributed by atoms with Gasteiger partial charge < -0.3 is 0 Å². The zero-order valence-corrected chi connectivity index (χ0v) is 12.1. The van der Waals surface area contributed by atoms with E-state index in [2.05, 4.69) is 60.3 Å². The molecule has 92 valence electrons. The molecule has 17 heavy (non-hydrogen) atoms. The Bertz CT molecular complexity index is 473. The Labute approximate surface area is 106 Å². The molecule has 1 rings (SSSR count). The third kappa shape index (κ3) is 2.52. The van der Waals surface area contributed by atoms with Crippen molar-refractivity contribution in [1.29, 1.82) is 0 Å². The quantitative estimate of drug-likeness (QED) is 0.617. The molecule has 0 aromatic heterocycles. The van der Waals surface area contributed by atoms with Gasteiger partial charge in [0, 0.05) is 0 Å². The van der Waals surface area contributed by atoms with Crippen molar-refractivity contribution in [3.05, 3.63) is 52.1 Å². The molecule has 0 atom stereocenters. The molecule has 0 aliphatic carbocycles. The number of hydrogen-bond donors (Lipinski definition) is 0. The van der Waals surface area contributed by atoms with Gasteiger partial charge in [-0.15, -0.1) is 0 Å². The van der Waals surface area contributed by atoms with Gasteiger partial charge in [-0.05, 0) is 80.0 Å². The van der Waals surface area contributed by atoms with Crippen molar-refractivity contribution in [3.63, 3.8) is 0 Å². The second-order valence-electron chi connectivity index (χ2n) is 4.78. The van der Waals surface area contributed by atoms with Gasteiger partial charge in [0.15, 0.2) is 0 Å². The summed E-state index contributed by atoms with van der Waals surface area (Å²) >= 11 is 0. The van der Waals surface area contributed by atoms with E-state index < -0.39 is 0 Å². The van der Waals surface area contributed by atoms with E-state index in [0.717, 1.165) is 6.42 Å². The van der Waals surface area contributed by atoms with Crippen LogP contribution < -0.4 is 0 Å². The van der Waals surface area contributed by atoms with Gasteiger partial charge >= 0.3 is 0 Å². The first-order valence-corrected chi connectivity index (χ1v) is 6.36. The molecular weight excluding hydrogens is 204 g/mol. The van der Waals surface area contributed by atoms with Gasteiger partial charge in [-0.2, -0.15) is 0 Å². The summed E-state index contributed by atoms with van der Waals surface area (Å²) in [5.41, 5.74) is 9.34. The summed E-state index contributed by atoms with van der Waals surface area (Å²) < 4.78 is 0. The van der Waals surface area contributed by atoms with Crippen molar-refractivity contribution in [3.8, 4) is 0 Å². The van der Waals surface area contributed by atoms with Gasteiger partial charge in [-0.25, -0.2) is 0 Å². The summed E-state index contributed by atoms with van der Waals surface area (Å²) in [6.07, 6.45) is 3.22. The standard InChI is InChI=1S/C17H24/c1-8-16(9-2)15(7)17-12(4)10-11(3)13(5)14(17)6/h8,10H,7,9H2,1-6H3. The lowest BCUT2D eigenvalue weighted by atomic mass is 9.87. The van der Waals surface area contributed by atoms with Crippen LogP contribution >= 0.6 is 0 Å². The summed E-state index contributed by atoms with van der Waals surface area (Å²) in [6, 6.07) is 2.27. The fraction of sp³-hybridized carbons (Fsp3) is 0.412. The maximum absolute atomic E-state index is 4.29. The van der Waals surface area contributed by atoms with Gasteiger partial charge in [0.2, 0.25) is 0 Å². The molecule has 0 radical (unpaired) electrons. The molecule has 0 amide bonds. The van der Waals surface area contributed by atoms with Crippen LogP contribution in [0.15, 0.2) is 24.3 Å². The molecular formula is C17H24. The van der Waals surface area contributed by atoms with Crippen molar-refractivity contribution < 1.29 is 0 Å². The van der Waals surface area contributed by atoms with Gasteiger partial charge in [-0.3, -0.25) is 0 Å². The summed E-state index contributed by atoms with van der Waals surface area (Å²) in [5, 5.41) is 0. The molecule has 0 aliphatic rings. The van der Waals surface area contributed by atoms with Crippen molar-refractivity contribution in [1.82, 2.24) is 0 Å². The molecule has 0 aliphatic heterocycles. The first-order chi connectivity index (χ1) is 7.93. The van der Waals surface area contributed by atoms with Crippen LogP contribution in [0.3, 0.4) is 0 Å². The van der Waals surface area contributed by atoms with Crippen molar-refractivity contribution in [2.24, 2.45) is 0 Å². The monoisotopic (exact) mass is 228 g/mol. The second kappa shape index (κ2) is 5.35. The van der Waals surface area contributed by atoms with Crippen LogP contribution in [-0.2, 0) is 0 Å². The lowest BCUT2D eigenvalue weighted by Gasteiger charge is -2.18. The van der Waals surface area contributed by atoms with Crippen LogP contribution in [0.5, 0.6) is 0 Å². The smallest absolute Gasteiger partial charge is 0.0126 e. The Kier molecular flexibility index (Phi) is 4.34. The highest BCUT2D eigenvalue weighted by molar-refractivity contribution is 5.81. The predicted molar refractivity (Wildman–Crippen MR) is 78.5 cm³/mol. The van der Waals surface area contributed by atoms with Crippen LogP contribution in [0.2, 0.25) is 0 Å². The van der Waals surface area contributed by atoms with E-state index in [1.165, 1.54) is 39.0 Å². The lowest BCUT2D eigenvalue weighted by Crippen LogP contribution is -1.99. The Morgan fingerprint density at radius 1 is 1.12 bits per heavy atom. The molecule has 0 fully saturated rings. The highest BCUT2D eigenvalue weighted by Gasteiger charge is 2.12. The number of allylic oxidation sites excluding steroid dienone is 3. The van der Waals surface area contributed by atoms with Crippen LogP contribution in [0.1, 0.15) is 48.1 Å². The molecule has 0 spiro atoms. The van der Waals surface area contributed by atoms with Crippen LogP contribution in [-0.4, -0.2) is 0 Å². The van der Waals surface area contributed by atoms with E-state index >= 15 is 0 Å². The largest absolute Gasteiger partial charge is 0.0909 e. The summed E-state index contributed by atoms with van der Waals surface area (Å²) in [7, 11) is 0. The Morgan fingerprint density at radius 3 is 2.18 bits per heavy atom. The first-order valence-electron chi connectivity index (χ1n) is 6.36. The van der Waals surface area contributed by atoms with Crippen LogP contribution in [0, 0.1) is 27.7 Å². The topological polar surface area (TPSA) is 0 Å². The number of hydrogen-bond acceptors (Lipinski definition) is 0. The van der Waals surface area contributed by atoms with E-state index in [0.29, 0.717) is 0 Å². The van der Waals surface area contributed by atoms with Gasteiger partial charge in [0.25, 0.3) is 0 Å². The third-order valence-corrected chi connectivity index (χ3v) is 3.78. The highest BCUT2D eigenvalue weighted by Crippen LogP contribution is 2.31. The predicted octanol–water partition coefficient (Wildman–Crippen LogP) is 5.29. The molecule has 0 saturated heterocycles. The summed E-state index contributed by atoms with van der Waals surface area (Å²) in [5.74, 6) is 0. The fourth-order valence-corrected chi connectivity index (χ4v) is 2.50. The van der Waals surface area contributed by atoms with E-state index in [-0.39, 0.29) is 0 Å². The van der Waals surface area contributed by atoms with E-state index in [4.69, 9.17) is 0 Å². The van der Waals surface area contributed by atoms with Gasteiger partial charge in [0.1, 0.15) is 0 Å². The number of aryl methyl sites for hydroxylation is 2. The molecule has 0 N–H and O–H groups in total. The van der Waals surface area contributed by atoms with E-state index in [1.807, 2.05) is 0 Å². The first kappa shape index (κ1) is 13.8. The minimum absolute atomic E-state index is 1.04. The minimum atomic E-state index is 1.04. The summed E-state index contributed by atoms with van der Waals surface area (Å²) in [6.45, 7) is 17.3. The number of benzene rings is 1. The number of rotatable bonds is 3. The highest BCUT2D eigenvalue weighted by atomic mass is 14.2. The maximum atomic E-state index is 4.29. The van der Waals surface area contributed by atoms with Crippen molar-refractivity contribution in [2.75, 3.05) is 0 Å². The van der Waals surface area contributed by atoms with Gasteiger partial charge in [-0.1, -0.05) is 25.6 Å². The molecule has 0 nitrogen and oxygen atoms in total. The molecule has 1 aromatic rings. The normalized spacial score (nSPS) is 11.8. The van der Waals surface area contributed by atoms with E-state index in [1.54, 1.807) is 0 Å². The van der Waals surface area contributed by atoms with E-state index in [9.17, 15) is 0 Å². The molecule has 0 heterocycles. The molecule has 0 saturated carbocycles. The zero-order chi connectivity index (χ0) is 13.2. The lowest BCUT2D eigenvalue weighted by molar-refractivity contribution is 1.14. The third-order valence-electron chi connectivity index (χ3n) is 3.78. The fourth-order valence-electron chi connectivity index (χ4n) is 2.50. The SMILES string of the molecule is C=C(C(=CC)CC)c1c(C)cc(C)c(C)c1C. The minimum Gasteiger partial charge on any atom is -0.0909 e. The summed E-state index contributed by atoms with van der Waals surface area (Å²) in [4.78, 5) is 0. The van der Waals surface area contributed by atoms with Gasteiger partial charge in [0.05, 0.1) is 0 Å². The van der Waals surface area contributed by atoms with Crippen molar-refractivity contribution in [2.45, 2.75) is 48.0 Å². The molecule has 0 heteroatoms. The van der Waals surface area contributed by atoms with Crippen LogP contribution in [0.25, 0.3) is 5.57 Å². The molecule has 1 aromatic carbocycles. The van der Waals surface area contributed by atoms with Crippen LogP contribution in [0.4, 0.5) is 0 Å². The van der Waals surface area contributed by atoms with Crippen molar-refractivity contribution >= 4 is 5.57 Å². The Balaban J connectivity index is 3.42. The molecule has 0 bridgehead atoms. The maximum Gasteiger partial charge on any atom is -0.0126 e. The second-order valence-corrected chi connectivity index (χ2v) is 4.78. The zero-order valence-electron chi connectivity index (χ0n) is 12.1. The Hall–Kier alpha value is -1.30. The average molecular weight is 228 g/mol. The molecule has 0 unspecified atom stereocenters. The average Bonchev–Trinajstić information content (AvgIpc) is 2.28. The Morgan fingerprint density at radius 2 is 1.71 bits per heavy atom.